The van der Waals surface area contributed by atoms with E-state index in [-0.39, 0.29) is 15.6 Å². The number of halogens is 2. The molecule has 0 saturated heterocycles. The van der Waals surface area contributed by atoms with Gasteiger partial charge in [0.05, 0.1) is 26.8 Å². The first-order chi connectivity index (χ1) is 16.6. The molecule has 2 aliphatic heterocycles. The van der Waals surface area contributed by atoms with Gasteiger partial charge in [-0.1, -0.05) is 53.5 Å². The molecule has 7 nitrogen and oxygen atoms in total. The van der Waals surface area contributed by atoms with Gasteiger partial charge in [0, 0.05) is 42.9 Å². The Labute approximate surface area is 203 Å². The maximum atomic E-state index is 13.4. The molecule has 0 amide bonds. The second-order valence-corrected chi connectivity index (χ2v) is 8.64. The molecule has 0 aliphatic carbocycles. The van der Waals surface area contributed by atoms with E-state index in [2.05, 4.69) is 31.9 Å². The summed E-state index contributed by atoms with van der Waals surface area (Å²) in [7, 11) is 0. The zero-order valence-electron chi connectivity index (χ0n) is 17.6. The molecule has 0 radical (unpaired) electrons. The molecular weight excluding hydrogens is 471 g/mol. The number of fused-ring (bicyclic) bond motifs is 3. The van der Waals surface area contributed by atoms with Crippen LogP contribution in [0.2, 0.25) is 10.0 Å². The highest BCUT2D eigenvalue weighted by molar-refractivity contribution is 6.37. The standard InChI is InChI=1S/C25H16Cl2N6O/c26-20-12-28-13-21(27)24(20)33-25(34)19-15-31(22-5-2-1-4-18(22)23(19)30-33)14-16-6-8-17(9-7-16)32-11-3-10-29-32/h1-13,15H,14H2. The summed E-state index contributed by atoms with van der Waals surface area (Å²) in [5.41, 5.74) is 4.13. The van der Waals surface area contributed by atoms with Crippen molar-refractivity contribution in [3.63, 3.8) is 0 Å². The van der Waals surface area contributed by atoms with Crippen LogP contribution < -0.4 is 5.56 Å². The van der Waals surface area contributed by atoms with Gasteiger partial charge in [0.2, 0.25) is 0 Å². The summed E-state index contributed by atoms with van der Waals surface area (Å²) in [6.45, 7) is 0.581. The van der Waals surface area contributed by atoms with Crippen molar-refractivity contribution in [2.75, 3.05) is 0 Å². The molecule has 0 atom stereocenters. The first-order valence-electron chi connectivity index (χ1n) is 10.5. The minimum Gasteiger partial charge on any atom is -0.342 e. The lowest BCUT2D eigenvalue weighted by molar-refractivity contribution is 0.824. The number of rotatable bonds is 4. The third kappa shape index (κ3) is 3.37. The van der Waals surface area contributed by atoms with Crippen LogP contribution in [0.25, 0.3) is 33.5 Å². The summed E-state index contributed by atoms with van der Waals surface area (Å²) in [6.07, 6.45) is 8.38. The summed E-state index contributed by atoms with van der Waals surface area (Å²) in [4.78, 5) is 17.4. The highest BCUT2D eigenvalue weighted by Gasteiger charge is 2.23. The lowest BCUT2D eigenvalue weighted by Crippen LogP contribution is -2.16. The number of para-hydroxylation sites is 1. The van der Waals surface area contributed by atoms with E-state index in [9.17, 15) is 4.79 Å². The number of hydrogen-bond acceptors (Lipinski definition) is 4. The zero-order valence-corrected chi connectivity index (χ0v) is 19.1. The lowest BCUT2D eigenvalue weighted by Gasteiger charge is -2.14. The Hall–Kier alpha value is -3.94. The molecule has 2 aliphatic rings. The normalized spacial score (nSPS) is 11.5. The molecule has 2 aromatic heterocycles. The van der Waals surface area contributed by atoms with Crippen molar-refractivity contribution in [1.82, 2.24) is 29.1 Å². The Bertz CT molecular complexity index is 1650. The number of nitrogens with zero attached hydrogens (tertiary/aromatic N) is 6. The van der Waals surface area contributed by atoms with E-state index in [4.69, 9.17) is 23.2 Å². The van der Waals surface area contributed by atoms with E-state index in [1.165, 1.54) is 17.1 Å². The van der Waals surface area contributed by atoms with Gasteiger partial charge in [-0.2, -0.15) is 14.9 Å². The van der Waals surface area contributed by atoms with Crippen molar-refractivity contribution in [3.8, 4) is 22.6 Å². The quantitative estimate of drug-likeness (QED) is 0.342. The van der Waals surface area contributed by atoms with Crippen molar-refractivity contribution in [2.24, 2.45) is 0 Å². The van der Waals surface area contributed by atoms with Gasteiger partial charge in [0.25, 0.3) is 5.56 Å². The molecule has 34 heavy (non-hydrogen) atoms. The van der Waals surface area contributed by atoms with E-state index in [0.29, 0.717) is 23.5 Å². The smallest absolute Gasteiger partial charge is 0.282 e. The van der Waals surface area contributed by atoms with E-state index < -0.39 is 0 Å². The van der Waals surface area contributed by atoms with Crippen LogP contribution in [0.5, 0.6) is 0 Å². The fourth-order valence-corrected chi connectivity index (χ4v) is 4.67. The van der Waals surface area contributed by atoms with Gasteiger partial charge in [-0.05, 0) is 29.8 Å². The molecule has 9 heteroatoms. The molecule has 4 heterocycles. The average molecular weight is 487 g/mol. The molecule has 0 saturated carbocycles. The fraction of sp³-hybridized carbons (Fsp3) is 0.0400. The monoisotopic (exact) mass is 486 g/mol. The van der Waals surface area contributed by atoms with E-state index in [1.807, 2.05) is 59.5 Å². The van der Waals surface area contributed by atoms with Gasteiger partial charge in [0.15, 0.2) is 0 Å². The first kappa shape index (κ1) is 20.7. The van der Waals surface area contributed by atoms with Crippen molar-refractivity contribution < 1.29 is 0 Å². The highest BCUT2D eigenvalue weighted by Crippen LogP contribution is 2.31. The molecule has 0 spiro atoms. The second-order valence-electron chi connectivity index (χ2n) is 7.82. The molecule has 4 aromatic rings. The minimum absolute atomic E-state index is 0.256. The highest BCUT2D eigenvalue weighted by atomic mass is 35.5. The minimum atomic E-state index is -0.293. The van der Waals surface area contributed by atoms with Crippen LogP contribution in [0, 0.1) is 0 Å². The van der Waals surface area contributed by atoms with E-state index >= 15 is 0 Å². The summed E-state index contributed by atoms with van der Waals surface area (Å²) < 4.78 is 5.13. The summed E-state index contributed by atoms with van der Waals surface area (Å²) in [5.74, 6) is 0. The Morgan fingerprint density at radius 2 is 1.68 bits per heavy atom. The predicted octanol–water partition coefficient (Wildman–Crippen LogP) is 5.23. The summed E-state index contributed by atoms with van der Waals surface area (Å²) in [5, 5.41) is 10.3. The van der Waals surface area contributed by atoms with Gasteiger partial charge < -0.3 is 4.57 Å². The van der Waals surface area contributed by atoms with Gasteiger partial charge >= 0.3 is 0 Å². The van der Waals surface area contributed by atoms with Crippen LogP contribution in [0.15, 0.2) is 90.4 Å². The molecule has 6 rings (SSSR count). The van der Waals surface area contributed by atoms with Crippen molar-refractivity contribution in [1.29, 1.82) is 0 Å². The molecule has 166 valence electrons. The van der Waals surface area contributed by atoms with Crippen molar-refractivity contribution in [3.05, 3.63) is 112 Å². The van der Waals surface area contributed by atoms with Crippen LogP contribution in [-0.2, 0) is 6.54 Å². The summed E-state index contributed by atoms with van der Waals surface area (Å²) >= 11 is 12.6. The number of hydrogen-bond donors (Lipinski definition) is 0. The third-order valence-corrected chi connectivity index (χ3v) is 6.28. The average Bonchev–Trinajstić information content (AvgIpc) is 3.49. The third-order valence-electron chi connectivity index (χ3n) is 5.73. The van der Waals surface area contributed by atoms with Gasteiger partial charge in [-0.15, -0.1) is 0 Å². The van der Waals surface area contributed by atoms with Gasteiger partial charge in [-0.3, -0.25) is 9.78 Å². The largest absolute Gasteiger partial charge is 0.342 e. The van der Waals surface area contributed by atoms with Crippen LogP contribution in [-0.4, -0.2) is 29.1 Å². The van der Waals surface area contributed by atoms with Gasteiger partial charge in [0.1, 0.15) is 11.4 Å². The first-order valence-corrected chi connectivity index (χ1v) is 11.2. The molecule has 2 aromatic carbocycles. The molecule has 0 fully saturated rings. The lowest BCUT2D eigenvalue weighted by atomic mass is 10.1. The van der Waals surface area contributed by atoms with Crippen LogP contribution in [0.3, 0.4) is 0 Å². The molecule has 0 unspecified atom stereocenters. The Kier molecular flexibility index (Phi) is 4.94. The van der Waals surface area contributed by atoms with Crippen LogP contribution in [0.4, 0.5) is 0 Å². The van der Waals surface area contributed by atoms with Crippen LogP contribution >= 0.6 is 23.2 Å². The maximum Gasteiger partial charge on any atom is 0.282 e. The number of benzene rings is 2. The van der Waals surface area contributed by atoms with E-state index in [1.54, 1.807) is 6.20 Å². The van der Waals surface area contributed by atoms with Crippen molar-refractivity contribution in [2.45, 2.75) is 6.54 Å². The Balaban J connectivity index is 1.49. The Morgan fingerprint density at radius 3 is 2.41 bits per heavy atom. The van der Waals surface area contributed by atoms with Crippen molar-refractivity contribution >= 4 is 34.1 Å². The number of pyridine rings is 2. The number of aromatic nitrogens is 6. The maximum absolute atomic E-state index is 13.4. The van der Waals surface area contributed by atoms with E-state index in [0.717, 1.165) is 22.2 Å². The second kappa shape index (κ2) is 8.13. The summed E-state index contributed by atoms with van der Waals surface area (Å²) in [6, 6.07) is 17.9. The zero-order chi connectivity index (χ0) is 23.2. The SMILES string of the molecule is O=c1c2cn(Cc3ccc(-n4cccn4)cc3)c3ccccc3c-2nn1-c1c(Cl)cncc1Cl. The van der Waals surface area contributed by atoms with Crippen LogP contribution in [0.1, 0.15) is 5.56 Å². The predicted molar refractivity (Wildman–Crippen MR) is 132 cm³/mol. The fourth-order valence-electron chi connectivity index (χ4n) is 4.14. The topological polar surface area (TPSA) is 70.5 Å². The Morgan fingerprint density at radius 1 is 0.912 bits per heavy atom. The molecular formula is C25H16Cl2N6O. The molecule has 0 bridgehead atoms. The molecule has 0 N–H and O–H groups in total. The van der Waals surface area contributed by atoms with Gasteiger partial charge in [-0.25, -0.2) is 4.68 Å².